The van der Waals surface area contributed by atoms with E-state index in [1.165, 1.54) is 12.0 Å². The van der Waals surface area contributed by atoms with Crippen molar-refractivity contribution >= 4 is 11.8 Å². The first-order chi connectivity index (χ1) is 19.0. The third-order valence-electron chi connectivity index (χ3n) is 6.79. The van der Waals surface area contributed by atoms with Crippen molar-refractivity contribution in [3.8, 4) is 0 Å². The zero-order valence-corrected chi connectivity index (χ0v) is 24.1. The zero-order chi connectivity index (χ0) is 29.9. The van der Waals surface area contributed by atoms with Gasteiger partial charge in [-0.1, -0.05) is 40.2 Å². The fourth-order valence-electron chi connectivity index (χ4n) is 4.82. The Hall–Kier alpha value is -3.01. The third-order valence-corrected chi connectivity index (χ3v) is 6.79. The van der Waals surface area contributed by atoms with Crippen LogP contribution in [-0.2, 0) is 11.0 Å². The number of hydrogen-bond donors (Lipinski definition) is 2. The summed E-state index contributed by atoms with van der Waals surface area (Å²) in [6, 6.07) is 6.23. The summed E-state index contributed by atoms with van der Waals surface area (Å²) in [5, 5.41) is 5.07. The van der Waals surface area contributed by atoms with Gasteiger partial charge in [-0.2, -0.15) is 13.2 Å². The first-order valence-electron chi connectivity index (χ1n) is 14.1. The molecule has 0 atom stereocenters. The fourth-order valence-corrected chi connectivity index (χ4v) is 4.82. The molecule has 1 saturated heterocycles. The molecular formula is C30H42F4N4O2. The Balaban J connectivity index is 0.00000105. The van der Waals surface area contributed by atoms with Crippen LogP contribution >= 0.6 is 0 Å². The van der Waals surface area contributed by atoms with Crippen LogP contribution in [0.5, 0.6) is 0 Å². The highest BCUT2D eigenvalue weighted by molar-refractivity contribution is 5.96. The van der Waals surface area contributed by atoms with Gasteiger partial charge in [0.05, 0.1) is 18.2 Å². The maximum absolute atomic E-state index is 13.5. The monoisotopic (exact) mass is 566 g/mol. The van der Waals surface area contributed by atoms with Crippen LogP contribution in [-0.4, -0.2) is 53.4 Å². The van der Waals surface area contributed by atoms with Crippen LogP contribution in [0.4, 0.5) is 17.6 Å². The summed E-state index contributed by atoms with van der Waals surface area (Å²) in [6.45, 7) is 11.3. The summed E-state index contributed by atoms with van der Waals surface area (Å²) in [6.07, 6.45) is 2.82. The smallest absolute Gasteiger partial charge is 0.349 e. The van der Waals surface area contributed by atoms with Gasteiger partial charge in [0.2, 0.25) is 5.91 Å². The van der Waals surface area contributed by atoms with Crippen LogP contribution in [0.15, 0.2) is 36.5 Å². The predicted octanol–water partition coefficient (Wildman–Crippen LogP) is 6.25. The van der Waals surface area contributed by atoms with Crippen molar-refractivity contribution in [1.29, 1.82) is 0 Å². The van der Waals surface area contributed by atoms with Gasteiger partial charge >= 0.3 is 6.18 Å². The SMILES string of the molecule is CC.CCC.Cc1ccc(C2CCC(N3CC(NC(=O)CNC(=O)c4cc(F)cc(C(F)(F)F)c4)C3)CC2)cn1. The number of halogens is 4. The van der Waals surface area contributed by atoms with E-state index >= 15 is 0 Å². The van der Waals surface area contributed by atoms with Gasteiger partial charge in [0, 0.05) is 36.6 Å². The van der Waals surface area contributed by atoms with Gasteiger partial charge in [-0.25, -0.2) is 4.39 Å². The molecule has 2 aliphatic rings. The molecule has 222 valence electrons. The summed E-state index contributed by atoms with van der Waals surface area (Å²) < 4.78 is 52.0. The molecule has 2 aromatic rings. The van der Waals surface area contributed by atoms with E-state index in [-0.39, 0.29) is 6.04 Å². The lowest BCUT2D eigenvalue weighted by atomic mass is 9.81. The molecule has 4 rings (SSSR count). The Morgan fingerprint density at radius 3 is 2.20 bits per heavy atom. The van der Waals surface area contributed by atoms with E-state index in [2.05, 4.69) is 40.4 Å². The molecule has 1 aromatic carbocycles. The number of pyridine rings is 1. The van der Waals surface area contributed by atoms with Gasteiger partial charge < -0.3 is 10.6 Å². The number of hydrogen-bond acceptors (Lipinski definition) is 4. The number of likely N-dealkylation sites (tertiary alicyclic amines) is 1. The Kier molecular flexibility index (Phi) is 13.0. The number of benzene rings is 1. The van der Waals surface area contributed by atoms with Crippen molar-refractivity contribution < 1.29 is 27.2 Å². The van der Waals surface area contributed by atoms with E-state index in [0.717, 1.165) is 44.5 Å². The number of alkyl halides is 3. The van der Waals surface area contributed by atoms with E-state index in [4.69, 9.17) is 0 Å². The fraction of sp³-hybridized carbons (Fsp3) is 0.567. The lowest BCUT2D eigenvalue weighted by Crippen LogP contribution is -2.63. The third kappa shape index (κ3) is 9.87. The molecule has 10 heteroatoms. The molecular weight excluding hydrogens is 524 g/mol. The second-order valence-electron chi connectivity index (χ2n) is 10.1. The minimum atomic E-state index is -4.78. The Morgan fingerprint density at radius 2 is 1.65 bits per heavy atom. The van der Waals surface area contributed by atoms with Crippen LogP contribution in [0.2, 0.25) is 0 Å². The van der Waals surface area contributed by atoms with Crippen LogP contribution in [0.3, 0.4) is 0 Å². The van der Waals surface area contributed by atoms with E-state index in [1.807, 2.05) is 33.0 Å². The molecule has 1 aromatic heterocycles. The summed E-state index contributed by atoms with van der Waals surface area (Å²) in [5.41, 5.74) is 0.557. The number of aromatic nitrogens is 1. The minimum Gasteiger partial charge on any atom is -0.349 e. The average Bonchev–Trinajstić information content (AvgIpc) is 2.90. The van der Waals surface area contributed by atoms with Crippen molar-refractivity contribution in [2.75, 3.05) is 19.6 Å². The number of carbonyl (C=O) groups is 2. The summed E-state index contributed by atoms with van der Waals surface area (Å²) in [5.74, 6) is -2.02. The van der Waals surface area contributed by atoms with Gasteiger partial charge in [-0.3, -0.25) is 19.5 Å². The largest absolute Gasteiger partial charge is 0.416 e. The second kappa shape index (κ2) is 15.7. The van der Waals surface area contributed by atoms with Gasteiger partial charge in [0.1, 0.15) is 5.82 Å². The van der Waals surface area contributed by atoms with E-state index in [0.29, 0.717) is 30.2 Å². The van der Waals surface area contributed by atoms with Crippen molar-refractivity contribution in [2.45, 2.75) is 90.9 Å². The van der Waals surface area contributed by atoms with Gasteiger partial charge in [-0.05, 0) is 68.4 Å². The molecule has 0 unspecified atom stereocenters. The van der Waals surface area contributed by atoms with E-state index in [9.17, 15) is 27.2 Å². The van der Waals surface area contributed by atoms with Crippen molar-refractivity contribution in [3.63, 3.8) is 0 Å². The highest BCUT2D eigenvalue weighted by atomic mass is 19.4. The van der Waals surface area contributed by atoms with Gasteiger partial charge in [-0.15, -0.1) is 0 Å². The molecule has 6 nitrogen and oxygen atoms in total. The topological polar surface area (TPSA) is 74.3 Å². The summed E-state index contributed by atoms with van der Waals surface area (Å²) in [7, 11) is 0. The second-order valence-corrected chi connectivity index (χ2v) is 10.1. The molecule has 2 N–H and O–H groups in total. The van der Waals surface area contributed by atoms with Crippen molar-refractivity contribution in [1.82, 2.24) is 20.5 Å². The summed E-state index contributed by atoms with van der Waals surface area (Å²) in [4.78, 5) is 31.0. The standard InChI is InChI=1S/C25H28F4N4O2.C3H8.C2H6/c1-15-2-3-17(11-30-15)16-4-6-22(7-5-16)33-13-21(14-33)32-23(34)12-31-24(35)18-8-19(25(27,28)29)10-20(26)9-18;1-3-2;1-2/h2-3,8-11,16,21-22H,4-7,12-14H2,1H3,(H,31,35)(H,32,34);3H2,1-2H3;1-2H3. The first-order valence-corrected chi connectivity index (χ1v) is 14.1. The highest BCUT2D eigenvalue weighted by Gasteiger charge is 2.35. The van der Waals surface area contributed by atoms with E-state index in [1.54, 1.807) is 0 Å². The molecule has 40 heavy (non-hydrogen) atoms. The molecule has 2 amide bonds. The van der Waals surface area contributed by atoms with Crippen molar-refractivity contribution in [3.05, 3.63) is 64.7 Å². The maximum Gasteiger partial charge on any atom is 0.416 e. The molecule has 0 bridgehead atoms. The van der Waals surface area contributed by atoms with Gasteiger partial charge in [0.15, 0.2) is 0 Å². The number of rotatable bonds is 6. The quantitative estimate of drug-likeness (QED) is 0.406. The van der Waals surface area contributed by atoms with Crippen LogP contribution < -0.4 is 10.6 Å². The Morgan fingerprint density at radius 1 is 1.02 bits per heavy atom. The number of carbonyl (C=O) groups excluding carboxylic acids is 2. The van der Waals surface area contributed by atoms with Crippen LogP contribution in [0, 0.1) is 12.7 Å². The number of nitrogens with one attached hydrogen (secondary N) is 2. The molecule has 0 spiro atoms. The normalized spacial score (nSPS) is 19.2. The molecule has 1 saturated carbocycles. The number of amides is 2. The number of aryl methyl sites for hydroxylation is 1. The average molecular weight is 567 g/mol. The molecule has 0 radical (unpaired) electrons. The van der Waals surface area contributed by atoms with Crippen LogP contribution in [0.25, 0.3) is 0 Å². The first kappa shape index (κ1) is 33.2. The van der Waals surface area contributed by atoms with Gasteiger partial charge in [0.25, 0.3) is 5.91 Å². The maximum atomic E-state index is 13.5. The number of nitrogens with zero attached hydrogens (tertiary/aromatic N) is 2. The van der Waals surface area contributed by atoms with E-state index < -0.39 is 41.5 Å². The Labute approximate surface area is 234 Å². The lowest BCUT2D eigenvalue weighted by molar-refractivity contribution is -0.137. The molecule has 1 aliphatic carbocycles. The summed E-state index contributed by atoms with van der Waals surface area (Å²) >= 11 is 0. The molecule has 2 heterocycles. The van der Waals surface area contributed by atoms with Crippen molar-refractivity contribution in [2.24, 2.45) is 0 Å². The van der Waals surface area contributed by atoms with Crippen LogP contribution in [0.1, 0.15) is 92.9 Å². The molecule has 1 aliphatic heterocycles. The highest BCUT2D eigenvalue weighted by Crippen LogP contribution is 2.36. The predicted molar refractivity (Wildman–Crippen MR) is 149 cm³/mol. The minimum absolute atomic E-state index is 0.0376. The lowest BCUT2D eigenvalue weighted by Gasteiger charge is -2.46. The zero-order valence-electron chi connectivity index (χ0n) is 24.1. The molecule has 2 fully saturated rings. The Bertz CT molecular complexity index is 1080.